The van der Waals surface area contributed by atoms with Crippen LogP contribution in [0.1, 0.15) is 39.0 Å². The number of hydrogen-bond acceptors (Lipinski definition) is 7. The van der Waals surface area contributed by atoms with Gasteiger partial charge < -0.3 is 14.5 Å². The molecular weight excluding hydrogens is 464 g/mol. The zero-order valence-corrected chi connectivity index (χ0v) is 21.0. The van der Waals surface area contributed by atoms with E-state index in [1.54, 1.807) is 28.1 Å². The van der Waals surface area contributed by atoms with Crippen LogP contribution >= 0.6 is 11.8 Å². The Morgan fingerprint density at radius 2 is 1.71 bits per heavy atom. The first-order chi connectivity index (χ1) is 16.8. The number of aromatic amines is 1. The summed E-state index contributed by atoms with van der Waals surface area (Å²) < 4.78 is 12.7. The summed E-state index contributed by atoms with van der Waals surface area (Å²) in [5.74, 6) is 1.92. The molecule has 0 aliphatic heterocycles. The minimum Gasteiger partial charge on any atom is -0.497 e. The minimum atomic E-state index is -0.119. The summed E-state index contributed by atoms with van der Waals surface area (Å²) in [5.41, 5.74) is 3.98. The molecule has 1 N–H and O–H groups in total. The number of carbonyl (C=O) groups is 2. The van der Waals surface area contributed by atoms with Crippen LogP contribution < -0.4 is 9.47 Å². The van der Waals surface area contributed by atoms with Gasteiger partial charge in [0.2, 0.25) is 0 Å². The summed E-state index contributed by atoms with van der Waals surface area (Å²) in [6.45, 7) is 5.09. The van der Waals surface area contributed by atoms with Gasteiger partial charge in [-0.25, -0.2) is 0 Å². The Labute approximate surface area is 207 Å². The SMILES string of the molecule is COc1ccc(-n2c(SCC(=O)c3[nH]c(C)c(C(C)=O)c3C)nnc2-c2ccccc2OC)cc1. The number of aromatic nitrogens is 4. The van der Waals surface area contributed by atoms with Gasteiger partial charge in [0, 0.05) is 11.3 Å². The molecule has 35 heavy (non-hydrogen) atoms. The standard InChI is InChI=1S/C26H26N4O4S/c1-15-23(17(3)31)16(2)27-24(15)21(32)14-35-26-29-28-25(20-8-6-7-9-22(20)34-5)30(26)18-10-12-19(33-4)13-11-18/h6-13,27H,14H2,1-5H3. The second-order valence-electron chi connectivity index (χ2n) is 7.93. The summed E-state index contributed by atoms with van der Waals surface area (Å²) in [6.07, 6.45) is 0. The molecule has 0 fully saturated rings. The van der Waals surface area contributed by atoms with E-state index in [0.29, 0.717) is 39.2 Å². The molecule has 0 unspecified atom stereocenters. The maximum atomic E-state index is 13.1. The third-order valence-corrected chi connectivity index (χ3v) is 6.64. The number of aryl methyl sites for hydroxylation is 1. The van der Waals surface area contributed by atoms with E-state index in [1.807, 2.05) is 53.1 Å². The van der Waals surface area contributed by atoms with Crippen molar-refractivity contribution in [2.45, 2.75) is 25.9 Å². The van der Waals surface area contributed by atoms with E-state index in [2.05, 4.69) is 15.2 Å². The molecule has 0 radical (unpaired) electrons. The van der Waals surface area contributed by atoms with E-state index in [-0.39, 0.29) is 17.3 Å². The molecule has 0 aliphatic rings. The first-order valence-corrected chi connectivity index (χ1v) is 11.9. The van der Waals surface area contributed by atoms with Gasteiger partial charge in [0.05, 0.1) is 36.9 Å². The summed E-state index contributed by atoms with van der Waals surface area (Å²) in [4.78, 5) is 28.1. The predicted octanol–water partition coefficient (Wildman–Crippen LogP) is 5.07. The molecule has 8 nitrogen and oxygen atoms in total. The Morgan fingerprint density at radius 3 is 2.34 bits per heavy atom. The zero-order valence-electron chi connectivity index (χ0n) is 20.2. The van der Waals surface area contributed by atoms with Crippen molar-refractivity contribution in [2.24, 2.45) is 0 Å². The van der Waals surface area contributed by atoms with Crippen molar-refractivity contribution in [2.75, 3.05) is 20.0 Å². The third-order valence-electron chi connectivity index (χ3n) is 5.71. The lowest BCUT2D eigenvalue weighted by Crippen LogP contribution is -2.07. The van der Waals surface area contributed by atoms with Gasteiger partial charge in [0.15, 0.2) is 22.5 Å². The number of rotatable bonds is 9. The van der Waals surface area contributed by atoms with Crippen LogP contribution in [0.25, 0.3) is 17.1 Å². The number of ether oxygens (including phenoxy) is 2. The summed E-state index contributed by atoms with van der Waals surface area (Å²) >= 11 is 1.28. The van der Waals surface area contributed by atoms with Gasteiger partial charge in [-0.3, -0.25) is 14.2 Å². The molecule has 4 aromatic rings. The molecule has 0 bridgehead atoms. The van der Waals surface area contributed by atoms with Gasteiger partial charge in [0.25, 0.3) is 0 Å². The number of thioether (sulfide) groups is 1. The maximum Gasteiger partial charge on any atom is 0.196 e. The van der Waals surface area contributed by atoms with Crippen molar-refractivity contribution < 1.29 is 19.1 Å². The van der Waals surface area contributed by atoms with E-state index in [9.17, 15) is 9.59 Å². The highest BCUT2D eigenvalue weighted by atomic mass is 32.2. The molecular formula is C26H26N4O4S. The largest absolute Gasteiger partial charge is 0.497 e. The Bertz CT molecular complexity index is 1390. The van der Waals surface area contributed by atoms with Gasteiger partial charge in [-0.2, -0.15) is 0 Å². The summed E-state index contributed by atoms with van der Waals surface area (Å²) in [5, 5.41) is 9.39. The number of benzene rings is 2. The van der Waals surface area contributed by atoms with Crippen molar-refractivity contribution >= 4 is 23.3 Å². The molecule has 9 heteroatoms. The number of nitrogens with one attached hydrogen (secondary N) is 1. The molecule has 2 aromatic carbocycles. The zero-order chi connectivity index (χ0) is 25.1. The summed E-state index contributed by atoms with van der Waals surface area (Å²) in [7, 11) is 3.22. The highest BCUT2D eigenvalue weighted by Gasteiger charge is 2.23. The Hall–Kier alpha value is -3.85. The van der Waals surface area contributed by atoms with Crippen LogP contribution in [-0.2, 0) is 0 Å². The number of H-pyrrole nitrogens is 1. The molecule has 0 spiro atoms. The van der Waals surface area contributed by atoms with Crippen molar-refractivity contribution in [1.29, 1.82) is 0 Å². The van der Waals surface area contributed by atoms with Crippen LogP contribution in [0.5, 0.6) is 11.5 Å². The average Bonchev–Trinajstić information content (AvgIpc) is 3.42. The third kappa shape index (κ3) is 4.72. The number of carbonyl (C=O) groups excluding carboxylic acids is 2. The van der Waals surface area contributed by atoms with Gasteiger partial charge in [-0.05, 0) is 62.7 Å². The smallest absolute Gasteiger partial charge is 0.196 e. The van der Waals surface area contributed by atoms with E-state index < -0.39 is 0 Å². The van der Waals surface area contributed by atoms with Crippen molar-refractivity contribution in [3.8, 4) is 28.6 Å². The van der Waals surface area contributed by atoms with Gasteiger partial charge in [-0.15, -0.1) is 10.2 Å². The van der Waals surface area contributed by atoms with E-state index in [0.717, 1.165) is 17.0 Å². The fraction of sp³-hybridized carbons (Fsp3) is 0.231. The topological polar surface area (TPSA) is 99.1 Å². The molecule has 4 rings (SSSR count). The van der Waals surface area contributed by atoms with Gasteiger partial charge >= 0.3 is 0 Å². The first kappa shape index (κ1) is 24.3. The molecule has 2 heterocycles. The molecule has 0 amide bonds. The lowest BCUT2D eigenvalue weighted by atomic mass is 10.1. The second kappa shape index (κ2) is 10.2. The Kier molecular flexibility index (Phi) is 7.07. The number of nitrogens with zero attached hydrogens (tertiary/aromatic N) is 3. The number of Topliss-reactive ketones (excluding diaryl/α,β-unsaturated/α-hetero) is 2. The fourth-order valence-corrected chi connectivity index (χ4v) is 4.91. The fourth-order valence-electron chi connectivity index (χ4n) is 4.09. The molecule has 0 atom stereocenters. The molecule has 0 saturated carbocycles. The number of methoxy groups -OCH3 is 2. The minimum absolute atomic E-state index is 0.0661. The number of hydrogen-bond donors (Lipinski definition) is 1. The highest BCUT2D eigenvalue weighted by Crippen LogP contribution is 2.34. The first-order valence-electron chi connectivity index (χ1n) is 10.9. The van der Waals surface area contributed by atoms with E-state index >= 15 is 0 Å². The van der Waals surface area contributed by atoms with Crippen molar-refractivity contribution in [3.05, 3.63) is 71.0 Å². The lowest BCUT2D eigenvalue weighted by molar-refractivity contribution is 0.101. The summed E-state index contributed by atoms with van der Waals surface area (Å²) in [6, 6.07) is 15.1. The number of para-hydroxylation sites is 1. The van der Waals surface area contributed by atoms with Crippen LogP contribution in [0.3, 0.4) is 0 Å². The van der Waals surface area contributed by atoms with Gasteiger partial charge in [0.1, 0.15) is 11.5 Å². The second-order valence-corrected chi connectivity index (χ2v) is 8.88. The molecule has 180 valence electrons. The van der Waals surface area contributed by atoms with Crippen LogP contribution in [0.2, 0.25) is 0 Å². The normalized spacial score (nSPS) is 10.9. The molecule has 0 saturated heterocycles. The Morgan fingerprint density at radius 1 is 1.00 bits per heavy atom. The van der Waals surface area contributed by atoms with E-state index in [1.165, 1.54) is 18.7 Å². The monoisotopic (exact) mass is 490 g/mol. The van der Waals surface area contributed by atoms with Crippen molar-refractivity contribution in [1.82, 2.24) is 19.7 Å². The highest BCUT2D eigenvalue weighted by molar-refractivity contribution is 7.99. The molecule has 0 aliphatic carbocycles. The van der Waals surface area contributed by atoms with Gasteiger partial charge in [-0.1, -0.05) is 23.9 Å². The average molecular weight is 491 g/mol. The lowest BCUT2D eigenvalue weighted by Gasteiger charge is -2.13. The molecule has 2 aromatic heterocycles. The quantitative estimate of drug-likeness (QED) is 0.258. The van der Waals surface area contributed by atoms with Crippen LogP contribution in [0.4, 0.5) is 0 Å². The number of ketones is 2. The predicted molar refractivity (Wildman–Crippen MR) is 135 cm³/mol. The maximum absolute atomic E-state index is 13.1. The van der Waals surface area contributed by atoms with Crippen LogP contribution in [0, 0.1) is 13.8 Å². The van der Waals surface area contributed by atoms with E-state index in [4.69, 9.17) is 9.47 Å². The Balaban J connectivity index is 1.71. The van der Waals surface area contributed by atoms with Crippen LogP contribution in [-0.4, -0.2) is 51.3 Å². The van der Waals surface area contributed by atoms with Crippen molar-refractivity contribution in [3.63, 3.8) is 0 Å². The van der Waals surface area contributed by atoms with Crippen LogP contribution in [0.15, 0.2) is 53.7 Å².